The highest BCUT2D eigenvalue weighted by molar-refractivity contribution is 7.58. The van der Waals surface area contributed by atoms with E-state index < -0.39 is 12.0 Å². The fraction of sp³-hybridized carbons (Fsp3) is 0.300. The van der Waals surface area contributed by atoms with Crippen molar-refractivity contribution in [1.82, 2.24) is 0 Å². The van der Waals surface area contributed by atoms with Crippen molar-refractivity contribution in [2.45, 2.75) is 6.10 Å². The molecule has 1 heterocycles. The standard InChI is InChI=1S/C10H10Cl2N4O2S/c1-18-6(3-13)10(17)14-7-4(11)2-5(12)8-9(7)16-19-15-8/h2,6H,3,13H2,1H3,(H,14,17). The Morgan fingerprint density at radius 1 is 1.47 bits per heavy atom. The van der Waals surface area contributed by atoms with Gasteiger partial charge in [-0.2, -0.15) is 8.73 Å². The molecule has 1 unspecified atom stereocenters. The number of amides is 1. The van der Waals surface area contributed by atoms with E-state index >= 15 is 0 Å². The molecular weight excluding hydrogens is 311 g/mol. The number of carbonyl (C=O) groups is 1. The van der Waals surface area contributed by atoms with Crippen molar-refractivity contribution >= 4 is 57.5 Å². The van der Waals surface area contributed by atoms with Gasteiger partial charge in [-0.05, 0) is 6.07 Å². The van der Waals surface area contributed by atoms with E-state index in [2.05, 4.69) is 14.0 Å². The van der Waals surface area contributed by atoms with E-state index in [4.69, 9.17) is 33.7 Å². The molecule has 0 saturated heterocycles. The molecule has 1 atom stereocenters. The summed E-state index contributed by atoms with van der Waals surface area (Å²) in [5, 5.41) is 3.30. The second-order valence-electron chi connectivity index (χ2n) is 3.63. The molecule has 0 aliphatic carbocycles. The van der Waals surface area contributed by atoms with Crippen molar-refractivity contribution in [3.05, 3.63) is 16.1 Å². The Morgan fingerprint density at radius 2 is 2.16 bits per heavy atom. The molecule has 1 aromatic rings. The molecule has 0 bridgehead atoms. The first-order chi connectivity index (χ1) is 9.08. The number of benzene rings is 1. The van der Waals surface area contributed by atoms with Gasteiger partial charge < -0.3 is 15.8 Å². The normalized spacial score (nSPS) is 13.9. The topological polar surface area (TPSA) is 89.1 Å². The summed E-state index contributed by atoms with van der Waals surface area (Å²) < 4.78 is 13.1. The molecule has 3 N–H and O–H groups in total. The first-order valence-electron chi connectivity index (χ1n) is 5.22. The molecule has 0 radical (unpaired) electrons. The third-order valence-electron chi connectivity index (χ3n) is 2.48. The Balaban J connectivity index is 2.35. The van der Waals surface area contributed by atoms with Gasteiger partial charge >= 0.3 is 0 Å². The minimum Gasteiger partial charge on any atom is -0.370 e. The summed E-state index contributed by atoms with van der Waals surface area (Å²) in [6.45, 7) is 0.0615. The fourth-order valence-electron chi connectivity index (χ4n) is 1.51. The summed E-state index contributed by atoms with van der Waals surface area (Å²) >= 11 is 13.0. The molecule has 0 fully saturated rings. The summed E-state index contributed by atoms with van der Waals surface area (Å²) in [6.07, 6.45) is -0.756. The number of fused-ring (bicyclic) bond motifs is 1. The fourth-order valence-corrected chi connectivity index (χ4v) is 2.67. The van der Waals surface area contributed by atoms with Crippen LogP contribution in [0.5, 0.6) is 0 Å². The third kappa shape index (κ3) is 2.80. The smallest absolute Gasteiger partial charge is 0.254 e. The Labute approximate surface area is 123 Å². The Kier molecular flexibility index (Phi) is 4.54. The number of nitrogens with zero attached hydrogens (tertiary/aromatic N) is 2. The molecule has 0 saturated carbocycles. The molecule has 102 valence electrons. The van der Waals surface area contributed by atoms with Gasteiger partial charge in [-0.3, -0.25) is 4.79 Å². The van der Waals surface area contributed by atoms with E-state index in [0.29, 0.717) is 22.1 Å². The lowest BCUT2D eigenvalue weighted by Crippen LogP contribution is -2.36. The van der Waals surface area contributed by atoms with Crippen molar-refractivity contribution in [2.75, 3.05) is 19.0 Å². The van der Waals surface area contributed by atoms with Crippen LogP contribution in [0.3, 0.4) is 0 Å². The first-order valence-corrected chi connectivity index (χ1v) is 6.71. The SMILES string of the molecule is COC(CN)C(=O)Nc1c(Cl)cc(Cl)c2c1N=S=N2. The number of hydrogen-bond donors (Lipinski definition) is 2. The predicted molar refractivity (Wildman–Crippen MR) is 76.5 cm³/mol. The Hall–Kier alpha value is -0.990. The van der Waals surface area contributed by atoms with Crippen LogP contribution in [0.1, 0.15) is 0 Å². The summed E-state index contributed by atoms with van der Waals surface area (Å²) in [5.41, 5.74) is 6.72. The van der Waals surface area contributed by atoms with Crippen molar-refractivity contribution in [3.8, 4) is 0 Å². The zero-order valence-electron chi connectivity index (χ0n) is 9.81. The van der Waals surface area contributed by atoms with Crippen LogP contribution in [-0.4, -0.2) is 25.7 Å². The second kappa shape index (κ2) is 5.98. The second-order valence-corrected chi connectivity index (χ2v) is 4.97. The van der Waals surface area contributed by atoms with Crippen LogP contribution in [0.15, 0.2) is 14.8 Å². The maximum atomic E-state index is 11.9. The van der Waals surface area contributed by atoms with Gasteiger partial charge in [-0.25, -0.2) is 0 Å². The molecule has 1 aliphatic rings. The number of hydrogen-bond acceptors (Lipinski definition) is 5. The van der Waals surface area contributed by atoms with Crippen molar-refractivity contribution in [2.24, 2.45) is 14.5 Å². The quantitative estimate of drug-likeness (QED) is 0.907. The number of anilines is 1. The van der Waals surface area contributed by atoms with E-state index in [-0.39, 0.29) is 11.6 Å². The van der Waals surface area contributed by atoms with E-state index in [1.54, 1.807) is 0 Å². The largest absolute Gasteiger partial charge is 0.370 e. The van der Waals surface area contributed by atoms with Gasteiger partial charge in [-0.1, -0.05) is 23.2 Å². The lowest BCUT2D eigenvalue weighted by atomic mass is 10.2. The van der Waals surface area contributed by atoms with Crippen LogP contribution in [0.2, 0.25) is 10.0 Å². The van der Waals surface area contributed by atoms with Gasteiger partial charge in [0.2, 0.25) is 0 Å². The molecular formula is C10H10Cl2N4O2S. The molecule has 2 rings (SSSR count). The number of carbonyl (C=O) groups excluding carboxylic acids is 1. The van der Waals surface area contributed by atoms with Gasteiger partial charge in [0.1, 0.15) is 17.5 Å². The zero-order chi connectivity index (χ0) is 14.0. The van der Waals surface area contributed by atoms with Crippen LogP contribution in [0.4, 0.5) is 17.1 Å². The van der Waals surface area contributed by atoms with Gasteiger partial charge in [0.15, 0.2) is 0 Å². The lowest BCUT2D eigenvalue weighted by Gasteiger charge is -2.15. The van der Waals surface area contributed by atoms with Gasteiger partial charge in [0.25, 0.3) is 5.91 Å². The van der Waals surface area contributed by atoms with Gasteiger partial charge in [-0.15, -0.1) is 0 Å². The predicted octanol–water partition coefficient (Wildman–Crippen LogP) is 2.63. The molecule has 1 amide bonds. The summed E-state index contributed by atoms with van der Waals surface area (Å²) in [5.74, 6) is -0.400. The minimum atomic E-state index is -0.756. The number of nitrogens with two attached hydrogens (primary N) is 1. The van der Waals surface area contributed by atoms with Crippen molar-refractivity contribution < 1.29 is 9.53 Å². The molecule has 0 spiro atoms. The highest BCUT2D eigenvalue weighted by Crippen LogP contribution is 2.47. The summed E-state index contributed by atoms with van der Waals surface area (Å²) in [7, 11) is 1.40. The van der Waals surface area contributed by atoms with Gasteiger partial charge in [0, 0.05) is 13.7 Å². The number of halogens is 2. The lowest BCUT2D eigenvalue weighted by molar-refractivity contribution is -0.125. The van der Waals surface area contributed by atoms with E-state index in [1.165, 1.54) is 13.2 Å². The van der Waals surface area contributed by atoms with Crippen LogP contribution < -0.4 is 11.1 Å². The van der Waals surface area contributed by atoms with E-state index in [0.717, 1.165) is 11.4 Å². The molecule has 6 nitrogen and oxygen atoms in total. The average molecular weight is 321 g/mol. The molecule has 9 heteroatoms. The number of nitrogens with one attached hydrogen (secondary N) is 1. The molecule has 19 heavy (non-hydrogen) atoms. The van der Waals surface area contributed by atoms with Crippen molar-refractivity contribution in [3.63, 3.8) is 0 Å². The van der Waals surface area contributed by atoms with Crippen LogP contribution in [0.25, 0.3) is 0 Å². The highest BCUT2D eigenvalue weighted by atomic mass is 35.5. The monoisotopic (exact) mass is 320 g/mol. The molecule has 1 aliphatic heterocycles. The third-order valence-corrected chi connectivity index (χ3v) is 3.60. The maximum absolute atomic E-state index is 11.9. The number of methoxy groups -OCH3 is 1. The van der Waals surface area contributed by atoms with E-state index in [9.17, 15) is 4.79 Å². The first kappa shape index (κ1) is 14.4. The maximum Gasteiger partial charge on any atom is 0.254 e. The summed E-state index contributed by atoms with van der Waals surface area (Å²) in [6, 6.07) is 1.51. The molecule has 0 aromatic heterocycles. The summed E-state index contributed by atoms with van der Waals surface area (Å²) in [4.78, 5) is 11.9. The number of ether oxygens (including phenoxy) is 1. The highest BCUT2D eigenvalue weighted by Gasteiger charge is 2.23. The zero-order valence-corrected chi connectivity index (χ0v) is 12.1. The van der Waals surface area contributed by atoms with Crippen LogP contribution >= 0.6 is 23.2 Å². The average Bonchev–Trinajstić information content (AvgIpc) is 2.85. The van der Waals surface area contributed by atoms with Crippen LogP contribution in [0, 0.1) is 0 Å². The Morgan fingerprint density at radius 3 is 2.79 bits per heavy atom. The Bertz CT molecular complexity index is 598. The van der Waals surface area contributed by atoms with Crippen LogP contribution in [-0.2, 0) is 20.9 Å². The van der Waals surface area contributed by atoms with Crippen molar-refractivity contribution in [1.29, 1.82) is 0 Å². The molecule has 1 aromatic carbocycles. The number of rotatable bonds is 4. The van der Waals surface area contributed by atoms with E-state index in [1.807, 2.05) is 0 Å². The van der Waals surface area contributed by atoms with Gasteiger partial charge in [0.05, 0.1) is 27.1 Å². The minimum absolute atomic E-state index is 0.0615.